The highest BCUT2D eigenvalue weighted by atomic mass is 32.2. The monoisotopic (exact) mass is 601 g/mol. The number of rotatable bonds is 7. The van der Waals surface area contributed by atoms with Crippen LogP contribution in [0.2, 0.25) is 0 Å². The van der Waals surface area contributed by atoms with Gasteiger partial charge in [0.15, 0.2) is 4.80 Å². The Balaban J connectivity index is 1.46. The molecule has 5 aromatic rings. The molecule has 0 fully saturated rings. The third kappa shape index (κ3) is 5.34. The van der Waals surface area contributed by atoms with Crippen LogP contribution in [-0.4, -0.2) is 17.6 Å². The number of nitrogens with zero attached hydrogens (tertiary/aromatic N) is 3. The number of nitriles is 1. The van der Waals surface area contributed by atoms with Crippen LogP contribution >= 0.6 is 23.1 Å². The van der Waals surface area contributed by atoms with Crippen molar-refractivity contribution in [3.8, 4) is 6.07 Å². The summed E-state index contributed by atoms with van der Waals surface area (Å²) in [4.78, 5) is 33.5. The Labute approximate surface area is 256 Å². The molecule has 4 aromatic carbocycles. The highest BCUT2D eigenvalue weighted by Crippen LogP contribution is 2.34. The van der Waals surface area contributed by atoms with E-state index in [-0.39, 0.29) is 5.56 Å². The number of fused-ring (bicyclic) bond motifs is 2. The second kappa shape index (κ2) is 12.3. The smallest absolute Gasteiger partial charge is 0.338 e. The SMILES string of the molecule is CCC1=C(C(=O)OC)[C@H](c2ccccc2)n2c(s/c(=C\c3ccc(SCc4ccccc4C#N)c4ccccc34)c2=O)=N1. The van der Waals surface area contributed by atoms with Gasteiger partial charge in [-0.3, -0.25) is 9.36 Å². The van der Waals surface area contributed by atoms with Gasteiger partial charge in [-0.25, -0.2) is 9.79 Å². The number of methoxy groups -OCH3 is 1. The normalized spacial score (nSPS) is 14.7. The number of hydrogen-bond donors (Lipinski definition) is 0. The fraction of sp³-hybridized carbons (Fsp3) is 0.143. The Hall–Kier alpha value is -4.71. The standard InChI is InChI=1S/C35H27N3O3S2/c1-3-28-31(34(40)41-2)32(22-11-5-4-6-12-22)38-33(39)30(43-35(38)37-28)19-23-17-18-29(27-16-10-9-15-26(23)27)42-21-25-14-8-7-13-24(25)20-36/h4-19,32H,3,21H2,1-2H3/b30-19-/t32-/m0/s1. The molecule has 0 spiro atoms. The van der Waals surface area contributed by atoms with E-state index in [1.54, 1.807) is 16.3 Å². The minimum absolute atomic E-state index is 0.204. The average molecular weight is 602 g/mol. The zero-order valence-electron chi connectivity index (χ0n) is 23.6. The number of aromatic nitrogens is 1. The zero-order valence-corrected chi connectivity index (χ0v) is 25.2. The van der Waals surface area contributed by atoms with Crippen molar-refractivity contribution < 1.29 is 9.53 Å². The molecule has 6 nitrogen and oxygen atoms in total. The van der Waals surface area contributed by atoms with Gasteiger partial charge >= 0.3 is 5.97 Å². The molecule has 0 unspecified atom stereocenters. The fourth-order valence-corrected chi connectivity index (χ4v) is 7.48. The van der Waals surface area contributed by atoms with Crippen LogP contribution in [-0.2, 0) is 15.3 Å². The third-order valence-corrected chi connectivity index (χ3v) is 9.60. The summed E-state index contributed by atoms with van der Waals surface area (Å²) < 4.78 is 7.31. The Morgan fingerprint density at radius 2 is 1.74 bits per heavy atom. The molecule has 6 rings (SSSR count). The summed E-state index contributed by atoms with van der Waals surface area (Å²) in [6.45, 7) is 1.95. The van der Waals surface area contributed by atoms with Crippen LogP contribution in [0.25, 0.3) is 16.8 Å². The van der Waals surface area contributed by atoms with E-state index in [4.69, 9.17) is 9.73 Å². The van der Waals surface area contributed by atoms with Crippen LogP contribution in [0.5, 0.6) is 0 Å². The molecule has 212 valence electrons. The molecule has 1 aliphatic heterocycles. The van der Waals surface area contributed by atoms with Gasteiger partial charge in [0, 0.05) is 10.6 Å². The van der Waals surface area contributed by atoms with Crippen molar-refractivity contribution in [2.45, 2.75) is 30.0 Å². The molecule has 8 heteroatoms. The maximum Gasteiger partial charge on any atom is 0.338 e. The van der Waals surface area contributed by atoms with Crippen molar-refractivity contribution in [3.63, 3.8) is 0 Å². The molecule has 43 heavy (non-hydrogen) atoms. The number of hydrogen-bond acceptors (Lipinski definition) is 7. The summed E-state index contributed by atoms with van der Waals surface area (Å²) in [6.07, 6.45) is 2.45. The Morgan fingerprint density at radius 1 is 1.02 bits per heavy atom. The van der Waals surface area contributed by atoms with Gasteiger partial charge in [0.2, 0.25) is 0 Å². The lowest BCUT2D eigenvalue weighted by molar-refractivity contribution is -0.136. The third-order valence-electron chi connectivity index (χ3n) is 7.49. The number of thiazole rings is 1. The number of thioether (sulfide) groups is 1. The van der Waals surface area contributed by atoms with E-state index in [1.807, 2.05) is 85.8 Å². The van der Waals surface area contributed by atoms with Crippen LogP contribution in [0.15, 0.2) is 117 Å². The van der Waals surface area contributed by atoms with Gasteiger partial charge in [0.05, 0.1) is 40.6 Å². The molecule has 1 aliphatic rings. The van der Waals surface area contributed by atoms with Crippen LogP contribution in [0.4, 0.5) is 0 Å². The largest absolute Gasteiger partial charge is 0.466 e. The van der Waals surface area contributed by atoms with Crippen molar-refractivity contribution >= 4 is 45.9 Å². The highest BCUT2D eigenvalue weighted by Gasteiger charge is 2.33. The maximum absolute atomic E-state index is 14.1. The van der Waals surface area contributed by atoms with Gasteiger partial charge in [-0.05, 0) is 52.1 Å². The molecule has 0 radical (unpaired) electrons. The minimum Gasteiger partial charge on any atom is -0.466 e. The first-order valence-corrected chi connectivity index (χ1v) is 15.6. The quantitative estimate of drug-likeness (QED) is 0.166. The number of carbonyl (C=O) groups excluding carboxylic acids is 1. The number of esters is 1. The molecule has 0 aliphatic carbocycles. The van der Waals surface area contributed by atoms with Gasteiger partial charge in [-0.2, -0.15) is 5.26 Å². The topological polar surface area (TPSA) is 84.5 Å². The summed E-state index contributed by atoms with van der Waals surface area (Å²) in [7, 11) is 1.35. The number of benzene rings is 4. The predicted molar refractivity (Wildman–Crippen MR) is 172 cm³/mol. The number of allylic oxidation sites excluding steroid dienone is 1. The van der Waals surface area contributed by atoms with E-state index in [0.29, 0.717) is 38.3 Å². The van der Waals surface area contributed by atoms with Crippen LogP contribution in [0, 0.1) is 11.3 Å². The highest BCUT2D eigenvalue weighted by molar-refractivity contribution is 7.98. The summed E-state index contributed by atoms with van der Waals surface area (Å²) in [6, 6.07) is 31.1. The van der Waals surface area contributed by atoms with E-state index in [1.165, 1.54) is 18.4 Å². The van der Waals surface area contributed by atoms with Crippen molar-refractivity contribution in [3.05, 3.63) is 144 Å². The van der Waals surface area contributed by atoms with Crippen molar-refractivity contribution in [2.75, 3.05) is 7.11 Å². The van der Waals surface area contributed by atoms with Gasteiger partial charge < -0.3 is 4.74 Å². The molecule has 0 bridgehead atoms. The van der Waals surface area contributed by atoms with E-state index < -0.39 is 12.0 Å². The lowest BCUT2D eigenvalue weighted by Crippen LogP contribution is -2.40. The van der Waals surface area contributed by atoms with Crippen molar-refractivity contribution in [2.24, 2.45) is 4.99 Å². The first-order chi connectivity index (χ1) is 21.0. The summed E-state index contributed by atoms with van der Waals surface area (Å²) in [5.41, 5.74) is 4.22. The van der Waals surface area contributed by atoms with Crippen molar-refractivity contribution in [1.82, 2.24) is 4.57 Å². The Morgan fingerprint density at radius 3 is 2.49 bits per heavy atom. The summed E-state index contributed by atoms with van der Waals surface area (Å²) >= 11 is 3.01. The fourth-order valence-electron chi connectivity index (χ4n) is 5.41. The summed E-state index contributed by atoms with van der Waals surface area (Å²) in [5, 5.41) is 11.6. The molecule has 0 N–H and O–H groups in total. The second-order valence-corrected chi connectivity index (χ2v) is 12.0. The van der Waals surface area contributed by atoms with Crippen molar-refractivity contribution in [1.29, 1.82) is 5.26 Å². The Kier molecular flexibility index (Phi) is 8.10. The summed E-state index contributed by atoms with van der Waals surface area (Å²) in [5.74, 6) is 0.188. The second-order valence-electron chi connectivity index (χ2n) is 9.96. The predicted octanol–water partition coefficient (Wildman–Crippen LogP) is 6.12. The lowest BCUT2D eigenvalue weighted by Gasteiger charge is -2.25. The van der Waals surface area contributed by atoms with E-state index in [9.17, 15) is 14.9 Å². The van der Waals surface area contributed by atoms with Crippen LogP contribution in [0.1, 0.15) is 41.6 Å². The first-order valence-electron chi connectivity index (χ1n) is 13.8. The first kappa shape index (κ1) is 28.4. The molecule has 0 amide bonds. The van der Waals surface area contributed by atoms with Crippen LogP contribution in [0.3, 0.4) is 0 Å². The van der Waals surface area contributed by atoms with Gasteiger partial charge in [0.1, 0.15) is 0 Å². The number of ether oxygens (including phenoxy) is 1. The Bertz CT molecular complexity index is 2120. The van der Waals surface area contributed by atoms with Crippen LogP contribution < -0.4 is 14.9 Å². The molecule has 2 heterocycles. The molecule has 1 aromatic heterocycles. The van der Waals surface area contributed by atoms with Gasteiger partial charge in [-0.15, -0.1) is 11.8 Å². The lowest BCUT2D eigenvalue weighted by atomic mass is 9.95. The minimum atomic E-state index is -0.631. The average Bonchev–Trinajstić information content (AvgIpc) is 3.37. The van der Waals surface area contributed by atoms with E-state index in [2.05, 4.69) is 24.3 Å². The van der Waals surface area contributed by atoms with E-state index in [0.717, 1.165) is 32.4 Å². The number of carbonyl (C=O) groups is 1. The zero-order chi connectivity index (χ0) is 29.9. The van der Waals surface area contributed by atoms with Gasteiger partial charge in [0.25, 0.3) is 5.56 Å². The molecule has 0 saturated carbocycles. The molecule has 0 saturated heterocycles. The molecular weight excluding hydrogens is 575 g/mol. The van der Waals surface area contributed by atoms with Gasteiger partial charge in [-0.1, -0.05) is 97.1 Å². The maximum atomic E-state index is 14.1. The van der Waals surface area contributed by atoms with E-state index >= 15 is 0 Å². The molecular formula is C35H27N3O3S2. The molecule has 1 atom stereocenters.